The lowest BCUT2D eigenvalue weighted by Crippen LogP contribution is -2.67. The number of para-hydroxylation sites is 2. The second-order valence-corrected chi connectivity index (χ2v) is 7.33. The number of nitrogens with zero attached hydrogens (tertiary/aromatic N) is 2. The SMILES string of the molecule is O=C1CC(C(=O)Nc2ccccc2)(c2ccc3ncccc3c2)N1c1ccccc1. The predicted octanol–water partition coefficient (Wildman–Crippen LogP) is 4.51. The summed E-state index contributed by atoms with van der Waals surface area (Å²) in [6, 6.07) is 28.2. The first-order valence-corrected chi connectivity index (χ1v) is 9.78. The molecule has 1 aromatic heterocycles. The van der Waals surface area contributed by atoms with Crippen LogP contribution in [0.4, 0.5) is 11.4 Å². The number of carbonyl (C=O) groups is 2. The number of fused-ring (bicyclic) bond motifs is 1. The van der Waals surface area contributed by atoms with Crippen LogP contribution in [0.25, 0.3) is 10.9 Å². The van der Waals surface area contributed by atoms with E-state index in [2.05, 4.69) is 10.3 Å². The number of nitrogens with one attached hydrogen (secondary N) is 1. The Morgan fingerprint density at radius 1 is 0.900 bits per heavy atom. The zero-order valence-electron chi connectivity index (χ0n) is 16.2. The lowest BCUT2D eigenvalue weighted by molar-refractivity contribution is -0.137. The molecule has 3 aromatic carbocycles. The van der Waals surface area contributed by atoms with Gasteiger partial charge in [-0.3, -0.25) is 19.5 Å². The highest BCUT2D eigenvalue weighted by Gasteiger charge is 2.58. The van der Waals surface area contributed by atoms with Crippen molar-refractivity contribution < 1.29 is 9.59 Å². The zero-order valence-corrected chi connectivity index (χ0v) is 16.2. The molecule has 146 valence electrons. The van der Waals surface area contributed by atoms with Gasteiger partial charge in [0.05, 0.1) is 11.9 Å². The second-order valence-electron chi connectivity index (χ2n) is 7.33. The summed E-state index contributed by atoms with van der Waals surface area (Å²) < 4.78 is 0. The maximum Gasteiger partial charge on any atom is 0.255 e. The molecule has 2 amide bonds. The van der Waals surface area contributed by atoms with Crippen LogP contribution in [0.1, 0.15) is 12.0 Å². The summed E-state index contributed by atoms with van der Waals surface area (Å²) in [6.45, 7) is 0. The monoisotopic (exact) mass is 393 g/mol. The molecule has 1 atom stereocenters. The van der Waals surface area contributed by atoms with Crippen molar-refractivity contribution in [1.29, 1.82) is 0 Å². The molecular weight excluding hydrogens is 374 g/mol. The van der Waals surface area contributed by atoms with Gasteiger partial charge in [0.1, 0.15) is 0 Å². The number of anilines is 2. The van der Waals surface area contributed by atoms with Crippen LogP contribution in [0.15, 0.2) is 97.2 Å². The summed E-state index contributed by atoms with van der Waals surface area (Å²) in [4.78, 5) is 32.4. The molecule has 1 aliphatic rings. The van der Waals surface area contributed by atoms with E-state index in [1.54, 1.807) is 11.1 Å². The van der Waals surface area contributed by atoms with E-state index in [4.69, 9.17) is 0 Å². The third-order valence-corrected chi connectivity index (χ3v) is 5.54. The standard InChI is InChI=1S/C25H19N3O2/c29-23-17-25(28(23)21-11-5-2-6-12-21,24(30)27-20-9-3-1-4-10-20)19-13-14-22-18(16-19)8-7-15-26-22/h1-16H,17H2,(H,27,30). The molecule has 1 saturated heterocycles. The van der Waals surface area contributed by atoms with E-state index in [0.29, 0.717) is 11.4 Å². The Labute approximate surface area is 174 Å². The summed E-state index contributed by atoms with van der Waals surface area (Å²) >= 11 is 0. The fraction of sp³-hybridized carbons (Fsp3) is 0.0800. The van der Waals surface area contributed by atoms with Crippen molar-refractivity contribution in [2.24, 2.45) is 0 Å². The zero-order chi connectivity index (χ0) is 20.6. The molecule has 5 nitrogen and oxygen atoms in total. The van der Waals surface area contributed by atoms with Crippen LogP contribution in [-0.4, -0.2) is 16.8 Å². The van der Waals surface area contributed by atoms with E-state index >= 15 is 0 Å². The lowest BCUT2D eigenvalue weighted by atomic mass is 9.75. The molecule has 1 unspecified atom stereocenters. The van der Waals surface area contributed by atoms with Crippen molar-refractivity contribution in [3.8, 4) is 0 Å². The summed E-state index contributed by atoms with van der Waals surface area (Å²) in [5.41, 5.74) is 1.87. The van der Waals surface area contributed by atoms with Gasteiger partial charge in [-0.25, -0.2) is 0 Å². The largest absolute Gasteiger partial charge is 0.324 e. The minimum atomic E-state index is -1.13. The summed E-state index contributed by atoms with van der Waals surface area (Å²) in [7, 11) is 0. The van der Waals surface area contributed by atoms with Crippen LogP contribution in [0.5, 0.6) is 0 Å². The molecule has 5 heteroatoms. The number of pyridine rings is 1. The van der Waals surface area contributed by atoms with E-state index in [1.807, 2.05) is 91.0 Å². The fourth-order valence-corrected chi connectivity index (χ4v) is 4.07. The molecule has 0 aliphatic carbocycles. The number of aromatic nitrogens is 1. The van der Waals surface area contributed by atoms with E-state index in [9.17, 15) is 9.59 Å². The molecular formula is C25H19N3O2. The average molecular weight is 393 g/mol. The minimum absolute atomic E-state index is 0.0873. The van der Waals surface area contributed by atoms with Gasteiger partial charge in [-0.2, -0.15) is 0 Å². The normalized spacial score (nSPS) is 18.1. The third kappa shape index (κ3) is 2.83. The van der Waals surface area contributed by atoms with Crippen molar-refractivity contribution in [3.05, 3.63) is 103 Å². The smallest absolute Gasteiger partial charge is 0.255 e. The van der Waals surface area contributed by atoms with Crippen molar-refractivity contribution in [3.63, 3.8) is 0 Å². The number of rotatable bonds is 4. The molecule has 1 fully saturated rings. The van der Waals surface area contributed by atoms with Gasteiger partial charge in [0, 0.05) is 23.0 Å². The quantitative estimate of drug-likeness (QED) is 0.519. The number of amides is 2. The van der Waals surface area contributed by atoms with E-state index in [1.165, 1.54) is 0 Å². The van der Waals surface area contributed by atoms with Crippen LogP contribution >= 0.6 is 0 Å². The molecule has 1 N–H and O–H groups in total. The molecule has 0 saturated carbocycles. The summed E-state index contributed by atoms with van der Waals surface area (Å²) in [6.07, 6.45) is 1.84. The second kappa shape index (κ2) is 7.12. The fourth-order valence-electron chi connectivity index (χ4n) is 4.07. The van der Waals surface area contributed by atoms with Crippen LogP contribution < -0.4 is 10.2 Å². The van der Waals surface area contributed by atoms with Crippen LogP contribution in [0.3, 0.4) is 0 Å². The molecule has 0 bridgehead atoms. The lowest BCUT2D eigenvalue weighted by Gasteiger charge is -2.50. The Kier molecular flexibility index (Phi) is 4.29. The van der Waals surface area contributed by atoms with E-state index < -0.39 is 5.54 Å². The van der Waals surface area contributed by atoms with Gasteiger partial charge in [0.2, 0.25) is 5.91 Å². The third-order valence-electron chi connectivity index (χ3n) is 5.54. The van der Waals surface area contributed by atoms with Gasteiger partial charge >= 0.3 is 0 Å². The van der Waals surface area contributed by atoms with Crippen molar-refractivity contribution in [2.45, 2.75) is 12.0 Å². The number of hydrogen-bond donors (Lipinski definition) is 1. The highest BCUT2D eigenvalue weighted by molar-refractivity contribution is 6.17. The predicted molar refractivity (Wildman–Crippen MR) is 117 cm³/mol. The van der Waals surface area contributed by atoms with Crippen LogP contribution in [-0.2, 0) is 15.1 Å². The summed E-state index contributed by atoms with van der Waals surface area (Å²) in [5.74, 6) is -0.323. The molecule has 5 rings (SSSR count). The van der Waals surface area contributed by atoms with Gasteiger partial charge in [0.15, 0.2) is 5.54 Å². The minimum Gasteiger partial charge on any atom is -0.324 e. The Morgan fingerprint density at radius 2 is 1.63 bits per heavy atom. The highest BCUT2D eigenvalue weighted by Crippen LogP contribution is 2.46. The van der Waals surface area contributed by atoms with Gasteiger partial charge in [-0.15, -0.1) is 0 Å². The highest BCUT2D eigenvalue weighted by atomic mass is 16.2. The Hall–Kier alpha value is -3.99. The van der Waals surface area contributed by atoms with Crippen molar-refractivity contribution >= 4 is 34.1 Å². The van der Waals surface area contributed by atoms with Crippen LogP contribution in [0, 0.1) is 0 Å². The maximum atomic E-state index is 13.7. The first kappa shape index (κ1) is 18.1. The molecule has 2 heterocycles. The van der Waals surface area contributed by atoms with Crippen LogP contribution in [0.2, 0.25) is 0 Å². The molecule has 0 radical (unpaired) electrons. The Bertz CT molecular complexity index is 1240. The number of hydrogen-bond acceptors (Lipinski definition) is 3. The van der Waals surface area contributed by atoms with E-state index in [-0.39, 0.29) is 18.2 Å². The van der Waals surface area contributed by atoms with Gasteiger partial charge in [-0.1, -0.05) is 48.5 Å². The topological polar surface area (TPSA) is 62.3 Å². The summed E-state index contributed by atoms with van der Waals surface area (Å²) in [5, 5.41) is 3.93. The molecule has 0 spiro atoms. The van der Waals surface area contributed by atoms with Crippen molar-refractivity contribution in [2.75, 3.05) is 10.2 Å². The molecule has 1 aliphatic heterocycles. The average Bonchev–Trinajstić information content (AvgIpc) is 2.78. The van der Waals surface area contributed by atoms with Crippen molar-refractivity contribution in [1.82, 2.24) is 4.98 Å². The maximum absolute atomic E-state index is 13.7. The first-order chi connectivity index (χ1) is 14.7. The number of carbonyl (C=O) groups excluding carboxylic acids is 2. The molecule has 30 heavy (non-hydrogen) atoms. The molecule has 4 aromatic rings. The Morgan fingerprint density at radius 3 is 2.37 bits per heavy atom. The number of β-lactam (4-membered cyclic amide) rings is 1. The van der Waals surface area contributed by atoms with Gasteiger partial charge in [-0.05, 0) is 48.0 Å². The van der Waals surface area contributed by atoms with Gasteiger partial charge < -0.3 is 5.32 Å². The van der Waals surface area contributed by atoms with E-state index in [0.717, 1.165) is 16.5 Å². The first-order valence-electron chi connectivity index (χ1n) is 9.78. The Balaban J connectivity index is 1.65. The van der Waals surface area contributed by atoms with Gasteiger partial charge in [0.25, 0.3) is 5.91 Å². The number of benzene rings is 3.